The molecule has 3 aromatic rings. The van der Waals surface area contributed by atoms with Crippen LogP contribution in [0.3, 0.4) is 0 Å². The Hall–Kier alpha value is -3.50. The SMILES string of the molecule is COc1ccc(C2(c3ccc(Br)cc3)CCN(CCCNC(=O)N3C(=O)OCC3c3ccc(F)c(F)c3)CC2)cc1. The van der Waals surface area contributed by atoms with Crippen molar-refractivity contribution in [3.8, 4) is 5.75 Å². The zero-order valence-corrected chi connectivity index (χ0v) is 24.3. The van der Waals surface area contributed by atoms with Crippen molar-refractivity contribution in [1.29, 1.82) is 0 Å². The number of urea groups is 1. The summed E-state index contributed by atoms with van der Waals surface area (Å²) in [4.78, 5) is 28.4. The number of ether oxygens (including phenoxy) is 2. The molecule has 2 aliphatic rings. The van der Waals surface area contributed by atoms with Gasteiger partial charge in [-0.2, -0.15) is 0 Å². The number of hydrogen-bond acceptors (Lipinski definition) is 5. The summed E-state index contributed by atoms with van der Waals surface area (Å²) in [5, 5.41) is 2.78. The van der Waals surface area contributed by atoms with Crippen LogP contribution in [0.4, 0.5) is 18.4 Å². The molecule has 0 radical (unpaired) electrons. The molecule has 0 aliphatic carbocycles. The van der Waals surface area contributed by atoms with Gasteiger partial charge in [0.15, 0.2) is 11.6 Å². The molecule has 2 heterocycles. The van der Waals surface area contributed by atoms with Crippen LogP contribution in [0.25, 0.3) is 0 Å². The van der Waals surface area contributed by atoms with Crippen molar-refractivity contribution in [1.82, 2.24) is 15.1 Å². The van der Waals surface area contributed by atoms with Gasteiger partial charge >= 0.3 is 12.1 Å². The number of piperidine rings is 1. The average molecular weight is 629 g/mol. The second-order valence-corrected chi connectivity index (χ2v) is 11.3. The van der Waals surface area contributed by atoms with Gasteiger partial charge in [-0.1, -0.05) is 46.3 Å². The quantitative estimate of drug-likeness (QED) is 0.292. The van der Waals surface area contributed by atoms with Gasteiger partial charge in [0.2, 0.25) is 0 Å². The lowest BCUT2D eigenvalue weighted by molar-refractivity contribution is 0.157. The summed E-state index contributed by atoms with van der Waals surface area (Å²) in [6.45, 7) is 2.83. The normalized spacial score (nSPS) is 18.7. The number of amides is 3. The number of nitrogens with one attached hydrogen (secondary N) is 1. The highest BCUT2D eigenvalue weighted by atomic mass is 79.9. The van der Waals surface area contributed by atoms with E-state index in [1.807, 2.05) is 12.1 Å². The Balaban J connectivity index is 1.16. The Morgan fingerprint density at radius 2 is 1.68 bits per heavy atom. The van der Waals surface area contributed by atoms with E-state index in [1.165, 1.54) is 17.2 Å². The van der Waals surface area contributed by atoms with Gasteiger partial charge in [-0.25, -0.2) is 23.3 Å². The monoisotopic (exact) mass is 627 g/mol. The third-order valence-electron chi connectivity index (χ3n) is 8.10. The third-order valence-corrected chi connectivity index (χ3v) is 8.63. The van der Waals surface area contributed by atoms with Crippen molar-refractivity contribution in [2.45, 2.75) is 30.7 Å². The molecule has 5 rings (SSSR count). The molecule has 1 atom stereocenters. The number of halogens is 3. The highest BCUT2D eigenvalue weighted by molar-refractivity contribution is 9.10. The largest absolute Gasteiger partial charge is 0.497 e. The Morgan fingerprint density at radius 3 is 2.32 bits per heavy atom. The van der Waals surface area contributed by atoms with Gasteiger partial charge in [-0.15, -0.1) is 0 Å². The first-order valence-corrected chi connectivity index (χ1v) is 14.4. The first kappa shape index (κ1) is 29.0. The van der Waals surface area contributed by atoms with E-state index < -0.39 is 29.8 Å². The molecule has 0 aromatic heterocycles. The molecule has 1 unspecified atom stereocenters. The smallest absolute Gasteiger partial charge is 0.418 e. The van der Waals surface area contributed by atoms with Crippen LogP contribution in [-0.2, 0) is 10.2 Å². The van der Waals surface area contributed by atoms with Crippen molar-refractivity contribution in [2.75, 3.05) is 39.9 Å². The van der Waals surface area contributed by atoms with Crippen LogP contribution in [0.2, 0.25) is 0 Å². The number of carbonyl (C=O) groups excluding carboxylic acids is 2. The number of methoxy groups -OCH3 is 1. The summed E-state index contributed by atoms with van der Waals surface area (Å²) in [6.07, 6.45) is 1.78. The maximum Gasteiger partial charge on any atom is 0.418 e. The lowest BCUT2D eigenvalue weighted by Gasteiger charge is -2.43. The van der Waals surface area contributed by atoms with Crippen LogP contribution < -0.4 is 10.1 Å². The van der Waals surface area contributed by atoms with Crippen molar-refractivity contribution in [3.63, 3.8) is 0 Å². The second kappa shape index (κ2) is 12.6. The summed E-state index contributed by atoms with van der Waals surface area (Å²) >= 11 is 3.55. The Labute approximate surface area is 246 Å². The van der Waals surface area contributed by atoms with Crippen LogP contribution in [-0.4, -0.2) is 61.8 Å². The van der Waals surface area contributed by atoms with Crippen molar-refractivity contribution in [3.05, 3.63) is 99.5 Å². The summed E-state index contributed by atoms with van der Waals surface area (Å²) in [5.74, 6) is -1.21. The van der Waals surface area contributed by atoms with Gasteiger partial charge in [-0.05, 0) is 92.0 Å². The van der Waals surface area contributed by atoms with Crippen molar-refractivity contribution >= 4 is 28.1 Å². The molecule has 3 aromatic carbocycles. The predicted octanol–water partition coefficient (Wildman–Crippen LogP) is 6.41. The lowest BCUT2D eigenvalue weighted by Crippen LogP contribution is -2.45. The Kier molecular flexibility index (Phi) is 8.89. The number of rotatable bonds is 8. The number of likely N-dealkylation sites (tertiary alicyclic amines) is 1. The van der Waals surface area contributed by atoms with E-state index in [2.05, 4.69) is 62.5 Å². The number of imide groups is 1. The van der Waals surface area contributed by atoms with E-state index in [9.17, 15) is 18.4 Å². The Morgan fingerprint density at radius 1 is 1.02 bits per heavy atom. The van der Waals surface area contributed by atoms with Gasteiger partial charge in [0, 0.05) is 16.4 Å². The van der Waals surface area contributed by atoms with Crippen molar-refractivity contribution in [2.24, 2.45) is 0 Å². The van der Waals surface area contributed by atoms with E-state index in [-0.39, 0.29) is 12.0 Å². The molecule has 1 N–H and O–H groups in total. The molecule has 216 valence electrons. The molecular weight excluding hydrogens is 596 g/mol. The fraction of sp³-hybridized carbons (Fsp3) is 0.355. The van der Waals surface area contributed by atoms with E-state index in [0.29, 0.717) is 18.5 Å². The average Bonchev–Trinajstić information content (AvgIpc) is 3.38. The fourth-order valence-electron chi connectivity index (χ4n) is 5.78. The molecule has 0 bridgehead atoms. The molecule has 7 nitrogen and oxygen atoms in total. The molecule has 2 fully saturated rings. The zero-order chi connectivity index (χ0) is 29.0. The van der Waals surface area contributed by atoms with Crippen molar-refractivity contribution < 1.29 is 27.8 Å². The Bertz CT molecular complexity index is 1380. The maximum absolute atomic E-state index is 13.7. The number of carbonyl (C=O) groups is 2. The van der Waals surface area contributed by atoms with Gasteiger partial charge in [0.25, 0.3) is 0 Å². The van der Waals surface area contributed by atoms with Crippen LogP contribution in [0.15, 0.2) is 71.2 Å². The summed E-state index contributed by atoms with van der Waals surface area (Å²) in [5.41, 5.74) is 2.73. The van der Waals surface area contributed by atoms with Gasteiger partial charge < -0.3 is 19.7 Å². The molecule has 0 spiro atoms. The molecule has 2 saturated heterocycles. The zero-order valence-electron chi connectivity index (χ0n) is 22.7. The molecule has 41 heavy (non-hydrogen) atoms. The van der Waals surface area contributed by atoms with E-state index in [4.69, 9.17) is 9.47 Å². The number of hydrogen-bond donors (Lipinski definition) is 1. The third kappa shape index (κ3) is 6.23. The fourth-order valence-corrected chi connectivity index (χ4v) is 6.04. The number of cyclic esters (lactones) is 1. The second-order valence-electron chi connectivity index (χ2n) is 10.4. The molecular formula is C31H32BrF2N3O4. The predicted molar refractivity (Wildman–Crippen MR) is 154 cm³/mol. The maximum atomic E-state index is 13.7. The summed E-state index contributed by atoms with van der Waals surface area (Å²) in [7, 11) is 1.67. The first-order valence-electron chi connectivity index (χ1n) is 13.6. The minimum absolute atomic E-state index is 0.108. The molecule has 3 amide bonds. The van der Waals surface area contributed by atoms with Gasteiger partial charge in [0.05, 0.1) is 7.11 Å². The van der Waals surface area contributed by atoms with Gasteiger partial charge in [0.1, 0.15) is 18.4 Å². The topological polar surface area (TPSA) is 71.1 Å². The summed E-state index contributed by atoms with van der Waals surface area (Å²) < 4.78 is 38.5. The van der Waals surface area contributed by atoms with Crippen LogP contribution in [0, 0.1) is 11.6 Å². The minimum atomic E-state index is -1.04. The summed E-state index contributed by atoms with van der Waals surface area (Å²) in [6, 6.07) is 18.8. The highest BCUT2D eigenvalue weighted by Crippen LogP contribution is 2.42. The van der Waals surface area contributed by atoms with Crippen LogP contribution in [0.5, 0.6) is 5.75 Å². The highest BCUT2D eigenvalue weighted by Gasteiger charge is 2.40. The first-order chi connectivity index (χ1) is 19.8. The van der Waals surface area contributed by atoms with Crippen LogP contribution >= 0.6 is 15.9 Å². The van der Waals surface area contributed by atoms with Gasteiger partial charge in [-0.3, -0.25) is 0 Å². The number of nitrogens with zero attached hydrogens (tertiary/aromatic N) is 2. The number of benzene rings is 3. The van der Waals surface area contributed by atoms with E-state index >= 15 is 0 Å². The van der Waals surface area contributed by atoms with E-state index in [1.54, 1.807) is 7.11 Å². The minimum Gasteiger partial charge on any atom is -0.497 e. The molecule has 2 aliphatic heterocycles. The standard InChI is InChI=1S/C31H32BrF2N3O4/c1-40-25-10-6-23(7-11-25)31(22-4-8-24(32)9-5-22)13-17-36(18-14-31)16-2-15-35-29(38)37-28(20-41-30(37)39)21-3-12-26(33)27(34)19-21/h3-12,19,28H,2,13-18,20H2,1H3,(H,35,38). The van der Waals surface area contributed by atoms with Crippen LogP contribution in [0.1, 0.15) is 42.0 Å². The lowest BCUT2D eigenvalue weighted by atomic mass is 9.68. The molecule has 0 saturated carbocycles. The molecule has 10 heteroatoms. The van der Waals surface area contributed by atoms with E-state index in [0.717, 1.165) is 59.7 Å².